The third kappa shape index (κ3) is 3.27. The standard InChI is InChI=1S/C11H14N2O3/c1-7(11(14)15)6-16-9-4-2-8(3-5-9)10(12)13/h2-5,7H,6H2,1H3,(H3,12,13)(H,14,15). The molecular weight excluding hydrogens is 208 g/mol. The fourth-order valence-corrected chi connectivity index (χ4v) is 1.02. The quantitative estimate of drug-likeness (QED) is 0.512. The highest BCUT2D eigenvalue weighted by molar-refractivity contribution is 5.94. The minimum atomic E-state index is -0.889. The summed E-state index contributed by atoms with van der Waals surface area (Å²) in [6.45, 7) is 1.70. The third-order valence-corrected chi connectivity index (χ3v) is 2.09. The first-order valence-corrected chi connectivity index (χ1v) is 4.80. The number of nitrogens with two attached hydrogens (primary N) is 1. The summed E-state index contributed by atoms with van der Waals surface area (Å²) in [5.41, 5.74) is 5.90. The molecule has 5 heteroatoms. The predicted octanol–water partition coefficient (Wildman–Crippen LogP) is 1.07. The molecule has 0 radical (unpaired) electrons. The van der Waals surface area contributed by atoms with Crippen LogP contribution in [0.1, 0.15) is 12.5 Å². The number of nitrogen functional groups attached to an aromatic ring is 1. The third-order valence-electron chi connectivity index (χ3n) is 2.09. The maximum absolute atomic E-state index is 10.5. The Morgan fingerprint density at radius 2 is 2.06 bits per heavy atom. The molecule has 0 bridgehead atoms. The van der Waals surface area contributed by atoms with Crippen molar-refractivity contribution in [2.75, 3.05) is 6.61 Å². The molecule has 1 aromatic rings. The van der Waals surface area contributed by atoms with E-state index in [1.165, 1.54) is 0 Å². The Hall–Kier alpha value is -2.04. The SMILES string of the molecule is CC(COc1ccc(C(=N)N)cc1)C(=O)O. The zero-order chi connectivity index (χ0) is 12.1. The van der Waals surface area contributed by atoms with Gasteiger partial charge in [0.1, 0.15) is 18.2 Å². The number of ether oxygens (including phenoxy) is 1. The van der Waals surface area contributed by atoms with Crippen LogP contribution in [0.3, 0.4) is 0 Å². The van der Waals surface area contributed by atoms with Gasteiger partial charge in [-0.1, -0.05) is 0 Å². The zero-order valence-corrected chi connectivity index (χ0v) is 8.93. The van der Waals surface area contributed by atoms with E-state index in [0.29, 0.717) is 11.3 Å². The summed E-state index contributed by atoms with van der Waals surface area (Å²) in [4.78, 5) is 10.5. The fourth-order valence-electron chi connectivity index (χ4n) is 1.02. The maximum atomic E-state index is 10.5. The van der Waals surface area contributed by atoms with Crippen LogP contribution in [0.2, 0.25) is 0 Å². The Bertz CT molecular complexity index is 387. The molecule has 4 N–H and O–H groups in total. The van der Waals surface area contributed by atoms with E-state index < -0.39 is 11.9 Å². The van der Waals surface area contributed by atoms with Crippen molar-refractivity contribution >= 4 is 11.8 Å². The van der Waals surface area contributed by atoms with Crippen molar-refractivity contribution in [2.24, 2.45) is 11.7 Å². The highest BCUT2D eigenvalue weighted by Gasteiger charge is 2.11. The van der Waals surface area contributed by atoms with E-state index in [0.717, 1.165) is 0 Å². The number of hydrogen-bond acceptors (Lipinski definition) is 3. The number of nitrogens with one attached hydrogen (secondary N) is 1. The highest BCUT2D eigenvalue weighted by Crippen LogP contribution is 2.12. The van der Waals surface area contributed by atoms with Crippen molar-refractivity contribution in [2.45, 2.75) is 6.92 Å². The second-order valence-corrected chi connectivity index (χ2v) is 3.49. The number of aliphatic carboxylic acids is 1. The van der Waals surface area contributed by atoms with E-state index >= 15 is 0 Å². The average molecular weight is 222 g/mol. The van der Waals surface area contributed by atoms with Crippen LogP contribution in [-0.2, 0) is 4.79 Å². The summed E-state index contributed by atoms with van der Waals surface area (Å²) in [5.74, 6) is -0.878. The average Bonchev–Trinajstić information content (AvgIpc) is 2.26. The lowest BCUT2D eigenvalue weighted by atomic mass is 10.2. The van der Waals surface area contributed by atoms with Crippen molar-refractivity contribution in [1.82, 2.24) is 0 Å². The smallest absolute Gasteiger partial charge is 0.309 e. The Kier molecular flexibility index (Phi) is 3.88. The summed E-state index contributed by atoms with van der Waals surface area (Å²) >= 11 is 0. The van der Waals surface area contributed by atoms with Crippen LogP contribution in [0, 0.1) is 11.3 Å². The van der Waals surface area contributed by atoms with Crippen LogP contribution in [-0.4, -0.2) is 23.5 Å². The Morgan fingerprint density at radius 3 is 2.50 bits per heavy atom. The Balaban J connectivity index is 2.56. The van der Waals surface area contributed by atoms with Gasteiger partial charge in [-0.3, -0.25) is 10.2 Å². The molecule has 5 nitrogen and oxygen atoms in total. The number of rotatable bonds is 5. The van der Waals surface area contributed by atoms with Crippen LogP contribution in [0.25, 0.3) is 0 Å². The first-order chi connectivity index (χ1) is 7.50. The first kappa shape index (κ1) is 12.0. The number of carbonyl (C=O) groups is 1. The highest BCUT2D eigenvalue weighted by atomic mass is 16.5. The molecule has 16 heavy (non-hydrogen) atoms. The summed E-state index contributed by atoms with van der Waals surface area (Å²) in [6, 6.07) is 6.63. The molecule has 1 rings (SSSR count). The molecule has 0 aromatic heterocycles. The van der Waals surface area contributed by atoms with E-state index in [2.05, 4.69) is 0 Å². The van der Waals surface area contributed by atoms with Crippen molar-refractivity contribution < 1.29 is 14.6 Å². The van der Waals surface area contributed by atoms with Crippen LogP contribution in [0.4, 0.5) is 0 Å². The second kappa shape index (κ2) is 5.16. The number of carboxylic acids is 1. The number of hydrogen-bond donors (Lipinski definition) is 3. The van der Waals surface area contributed by atoms with Crippen molar-refractivity contribution in [3.63, 3.8) is 0 Å². The molecule has 0 heterocycles. The van der Waals surface area contributed by atoms with Gasteiger partial charge in [-0.2, -0.15) is 0 Å². The monoisotopic (exact) mass is 222 g/mol. The van der Waals surface area contributed by atoms with Gasteiger partial charge in [0.2, 0.25) is 0 Å². The first-order valence-electron chi connectivity index (χ1n) is 4.80. The minimum absolute atomic E-state index is 0.00884. The van der Waals surface area contributed by atoms with Gasteiger partial charge in [0.05, 0.1) is 5.92 Å². The van der Waals surface area contributed by atoms with Crippen LogP contribution in [0.15, 0.2) is 24.3 Å². The zero-order valence-electron chi connectivity index (χ0n) is 8.93. The maximum Gasteiger partial charge on any atom is 0.309 e. The predicted molar refractivity (Wildman–Crippen MR) is 59.8 cm³/mol. The molecule has 0 aliphatic rings. The summed E-state index contributed by atoms with van der Waals surface area (Å²) in [6.07, 6.45) is 0. The van der Waals surface area contributed by atoms with Crippen LogP contribution < -0.4 is 10.5 Å². The second-order valence-electron chi connectivity index (χ2n) is 3.49. The van der Waals surface area contributed by atoms with E-state index in [1.807, 2.05) is 0 Å². The van der Waals surface area contributed by atoms with E-state index in [1.54, 1.807) is 31.2 Å². The normalized spacial score (nSPS) is 11.8. The van der Waals surface area contributed by atoms with E-state index in [4.69, 9.17) is 21.0 Å². The molecule has 0 aliphatic carbocycles. The molecule has 0 amide bonds. The number of benzene rings is 1. The molecule has 1 aromatic carbocycles. The lowest BCUT2D eigenvalue weighted by Crippen LogP contribution is -2.18. The molecule has 1 unspecified atom stereocenters. The van der Waals surface area contributed by atoms with Crippen molar-refractivity contribution in [1.29, 1.82) is 5.41 Å². The Morgan fingerprint density at radius 1 is 1.50 bits per heavy atom. The molecule has 1 atom stereocenters. The van der Waals surface area contributed by atoms with Gasteiger partial charge in [0, 0.05) is 5.56 Å². The molecule has 0 aliphatic heterocycles. The largest absolute Gasteiger partial charge is 0.493 e. The molecule has 86 valence electrons. The van der Waals surface area contributed by atoms with Gasteiger partial charge < -0.3 is 15.6 Å². The van der Waals surface area contributed by atoms with Gasteiger partial charge in [-0.15, -0.1) is 0 Å². The lowest BCUT2D eigenvalue weighted by molar-refractivity contribution is -0.142. The molecule has 0 saturated heterocycles. The number of carboxylic acid groups (broad SMARTS) is 1. The number of amidine groups is 1. The summed E-state index contributed by atoms with van der Waals surface area (Å²) in [7, 11) is 0. The lowest BCUT2D eigenvalue weighted by Gasteiger charge is -2.09. The van der Waals surface area contributed by atoms with Gasteiger partial charge in [0.25, 0.3) is 0 Å². The van der Waals surface area contributed by atoms with Gasteiger partial charge in [-0.05, 0) is 31.2 Å². The van der Waals surface area contributed by atoms with Crippen molar-refractivity contribution in [3.8, 4) is 5.75 Å². The van der Waals surface area contributed by atoms with Gasteiger partial charge in [-0.25, -0.2) is 0 Å². The van der Waals surface area contributed by atoms with Gasteiger partial charge in [0.15, 0.2) is 0 Å². The van der Waals surface area contributed by atoms with E-state index in [-0.39, 0.29) is 12.4 Å². The molecular formula is C11H14N2O3. The van der Waals surface area contributed by atoms with E-state index in [9.17, 15) is 4.79 Å². The van der Waals surface area contributed by atoms with Crippen molar-refractivity contribution in [3.05, 3.63) is 29.8 Å². The minimum Gasteiger partial charge on any atom is -0.493 e. The molecule has 0 saturated carbocycles. The van der Waals surface area contributed by atoms with Gasteiger partial charge >= 0.3 is 5.97 Å². The van der Waals surface area contributed by atoms with Crippen LogP contribution >= 0.6 is 0 Å². The summed E-state index contributed by atoms with van der Waals surface area (Å²) < 4.78 is 5.27. The molecule has 0 fully saturated rings. The summed E-state index contributed by atoms with van der Waals surface area (Å²) in [5, 5.41) is 15.8. The fraction of sp³-hybridized carbons (Fsp3) is 0.273. The molecule has 0 spiro atoms. The topological polar surface area (TPSA) is 96.4 Å². The Labute approximate surface area is 93.4 Å². The van der Waals surface area contributed by atoms with Crippen LogP contribution in [0.5, 0.6) is 5.75 Å².